The lowest BCUT2D eigenvalue weighted by Crippen LogP contribution is -2.41. The average molecular weight is 799 g/mol. The number of imidazole rings is 1. The molecule has 1 aromatic carbocycles. The van der Waals surface area contributed by atoms with Crippen LogP contribution in [0.4, 0.5) is 11.6 Å². The fourth-order valence-corrected chi connectivity index (χ4v) is 7.20. The first-order valence-electron chi connectivity index (χ1n) is 16.0. The van der Waals surface area contributed by atoms with Crippen molar-refractivity contribution < 1.29 is 66.2 Å². The molecule has 1 unspecified atom stereocenters. The molecule has 292 valence electrons. The summed E-state index contributed by atoms with van der Waals surface area (Å²) in [6, 6.07) is 10.2. The molecular formula is C29H36N8O15P2. The number of fused-ring (bicyclic) bond motifs is 1. The third kappa shape index (κ3) is 9.17. The molecule has 9 atom stereocenters. The second-order valence-electron chi connectivity index (χ2n) is 12.1. The predicted molar refractivity (Wildman–Crippen MR) is 181 cm³/mol. The second kappa shape index (κ2) is 16.3. The van der Waals surface area contributed by atoms with Crippen molar-refractivity contribution in [3.8, 4) is 0 Å². The van der Waals surface area contributed by atoms with E-state index in [2.05, 4.69) is 24.5 Å². The normalized spacial score (nSPS) is 26.1. The lowest BCUT2D eigenvalue weighted by molar-refractivity contribution is -0.168. The summed E-state index contributed by atoms with van der Waals surface area (Å²) in [7, 11) is -8.88. The molecule has 0 aliphatic carbocycles. The van der Waals surface area contributed by atoms with E-state index in [0.29, 0.717) is 0 Å². The Bertz CT molecular complexity index is 2100. The van der Waals surface area contributed by atoms with Gasteiger partial charge in [-0.1, -0.05) is 30.3 Å². The maximum Gasteiger partial charge on any atom is 0.472 e. The van der Waals surface area contributed by atoms with E-state index in [1.54, 1.807) is 30.3 Å². The van der Waals surface area contributed by atoms with Crippen molar-refractivity contribution in [2.75, 3.05) is 31.8 Å². The molecule has 0 radical (unpaired) electrons. The van der Waals surface area contributed by atoms with Gasteiger partial charge in [0.1, 0.15) is 48.3 Å². The Labute approximate surface area is 304 Å². The number of anilines is 2. The first kappa shape index (κ1) is 39.5. The van der Waals surface area contributed by atoms with Crippen LogP contribution in [0.1, 0.15) is 24.4 Å². The number of esters is 1. The zero-order chi connectivity index (χ0) is 38.8. The summed E-state index contributed by atoms with van der Waals surface area (Å²) in [6.07, 6.45) is -7.61. The van der Waals surface area contributed by atoms with Gasteiger partial charge in [-0.15, -0.1) is 0 Å². The maximum atomic E-state index is 13.4. The van der Waals surface area contributed by atoms with Gasteiger partial charge in [0.25, 0.3) is 0 Å². The van der Waals surface area contributed by atoms with Crippen LogP contribution in [0, 0.1) is 0 Å². The number of hydrogen-bond acceptors (Lipinski definition) is 18. The van der Waals surface area contributed by atoms with Crippen LogP contribution in [-0.4, -0.2) is 112 Å². The number of nitrogen functional groups attached to an aromatic ring is 2. The minimum atomic E-state index is -5.15. The second-order valence-corrected chi connectivity index (χ2v) is 14.7. The monoisotopic (exact) mass is 798 g/mol. The van der Waals surface area contributed by atoms with E-state index in [1.807, 2.05) is 0 Å². The summed E-state index contributed by atoms with van der Waals surface area (Å²) < 4.78 is 65.1. The average Bonchev–Trinajstić information content (AvgIpc) is 3.81. The molecule has 5 heterocycles. The van der Waals surface area contributed by atoms with Crippen molar-refractivity contribution in [2.45, 2.75) is 61.9 Å². The highest BCUT2D eigenvalue weighted by atomic mass is 31.2. The highest BCUT2D eigenvalue weighted by Crippen LogP contribution is 2.50. The molecule has 25 heteroatoms. The Balaban J connectivity index is 1.21. The predicted octanol–water partition coefficient (Wildman–Crippen LogP) is -0.426. The Kier molecular flexibility index (Phi) is 11.9. The van der Waals surface area contributed by atoms with Gasteiger partial charge in [-0.2, -0.15) is 4.98 Å². The third-order valence-electron chi connectivity index (χ3n) is 8.45. The molecule has 54 heavy (non-hydrogen) atoms. The number of phosphoric ester groups is 2. The minimum absolute atomic E-state index is 0.0384. The van der Waals surface area contributed by atoms with Crippen LogP contribution in [0.25, 0.3) is 11.2 Å². The van der Waals surface area contributed by atoms with Crippen LogP contribution in [0.2, 0.25) is 0 Å². The first-order valence-corrected chi connectivity index (χ1v) is 19.0. The maximum absolute atomic E-state index is 13.4. The van der Waals surface area contributed by atoms with Gasteiger partial charge >= 0.3 is 27.3 Å². The van der Waals surface area contributed by atoms with Crippen molar-refractivity contribution in [2.24, 2.45) is 0 Å². The molecule has 3 aromatic heterocycles. The Hall–Kier alpha value is -4.22. The number of nitrogens with zero attached hydrogens (tertiary/aromatic N) is 6. The van der Waals surface area contributed by atoms with E-state index >= 15 is 0 Å². The molecule has 2 aliphatic heterocycles. The van der Waals surface area contributed by atoms with Crippen LogP contribution in [0.3, 0.4) is 0 Å². The molecule has 0 saturated carbocycles. The number of benzene rings is 1. The van der Waals surface area contributed by atoms with E-state index in [9.17, 15) is 38.5 Å². The molecular weight excluding hydrogens is 762 g/mol. The van der Waals surface area contributed by atoms with Crippen molar-refractivity contribution in [1.82, 2.24) is 29.1 Å². The number of aliphatic hydroxyl groups excluding tert-OH is 1. The van der Waals surface area contributed by atoms with Crippen molar-refractivity contribution in [3.05, 3.63) is 71.3 Å². The quantitative estimate of drug-likeness (QED) is 0.0656. The van der Waals surface area contributed by atoms with E-state index in [-0.39, 0.29) is 35.6 Å². The Morgan fingerprint density at radius 1 is 1.02 bits per heavy atom. The van der Waals surface area contributed by atoms with Crippen LogP contribution in [0.5, 0.6) is 0 Å². The molecule has 2 saturated heterocycles. The summed E-state index contributed by atoms with van der Waals surface area (Å²) in [4.78, 5) is 71.0. The minimum Gasteiger partial charge on any atom is -0.455 e. The number of aliphatic hydroxyl groups is 1. The lowest BCUT2D eigenvalue weighted by Gasteiger charge is -2.25. The zero-order valence-corrected chi connectivity index (χ0v) is 29.9. The molecule has 2 aliphatic rings. The lowest BCUT2D eigenvalue weighted by atomic mass is 10.1. The van der Waals surface area contributed by atoms with E-state index in [1.165, 1.54) is 30.3 Å². The Morgan fingerprint density at radius 3 is 2.46 bits per heavy atom. The number of nitrogens with two attached hydrogens (primary N) is 2. The van der Waals surface area contributed by atoms with Crippen LogP contribution >= 0.6 is 15.6 Å². The molecule has 0 spiro atoms. The van der Waals surface area contributed by atoms with Gasteiger partial charge in [-0.05, 0) is 11.6 Å². The van der Waals surface area contributed by atoms with Gasteiger partial charge < -0.3 is 50.2 Å². The third-order valence-corrected chi connectivity index (χ3v) is 9.95. The molecule has 23 nitrogen and oxygen atoms in total. The number of aromatic nitrogens is 6. The molecule has 0 bridgehead atoms. The number of carbonyl (C=O) groups excluding carboxylic acids is 1. The molecule has 8 N–H and O–H groups in total. The van der Waals surface area contributed by atoms with Crippen molar-refractivity contribution >= 4 is 44.4 Å². The fourth-order valence-electron chi connectivity index (χ4n) is 5.90. The van der Waals surface area contributed by atoms with E-state index in [0.717, 1.165) is 16.5 Å². The van der Waals surface area contributed by atoms with Gasteiger partial charge in [-0.25, -0.2) is 33.7 Å². The molecule has 0 amide bonds. The summed E-state index contributed by atoms with van der Waals surface area (Å²) in [6.45, 7) is -1.64. The highest BCUT2D eigenvalue weighted by Gasteiger charge is 2.50. The zero-order valence-electron chi connectivity index (χ0n) is 28.2. The van der Waals surface area contributed by atoms with Crippen LogP contribution < -0.4 is 17.2 Å². The van der Waals surface area contributed by atoms with Gasteiger partial charge in [0, 0.05) is 26.1 Å². The topological polar surface area (TPSA) is 327 Å². The first-order chi connectivity index (χ1) is 25.6. The number of carbonyl (C=O) groups is 1. The Morgan fingerprint density at radius 2 is 1.76 bits per heavy atom. The summed E-state index contributed by atoms with van der Waals surface area (Å²) in [5, 5.41) is 11.5. The number of methoxy groups -OCH3 is 1. The summed E-state index contributed by atoms with van der Waals surface area (Å²) in [5.41, 5.74) is 11.7. The number of phosphoric acid groups is 2. The molecule has 2 fully saturated rings. The number of ether oxygens (including phenoxy) is 4. The van der Waals surface area contributed by atoms with E-state index < -0.39 is 89.6 Å². The van der Waals surface area contributed by atoms with Crippen molar-refractivity contribution in [3.63, 3.8) is 0 Å². The number of rotatable bonds is 15. The largest absolute Gasteiger partial charge is 0.472 e. The summed E-state index contributed by atoms with van der Waals surface area (Å²) in [5.74, 6) is -0.939. The van der Waals surface area contributed by atoms with Gasteiger partial charge in [-0.3, -0.25) is 22.7 Å². The van der Waals surface area contributed by atoms with Gasteiger partial charge in [0.15, 0.2) is 29.9 Å². The van der Waals surface area contributed by atoms with Crippen LogP contribution in [0.15, 0.2) is 60.0 Å². The highest BCUT2D eigenvalue weighted by molar-refractivity contribution is 7.47. The fraction of sp³-hybridized carbons (Fsp3) is 0.448. The standard InChI is InChI=1S/C29H36N8O15P2/c1-46-17(9-15-5-3-2-4-6-15)28(39)51-24-19(50-27(23(24)38)37-14-34-22-25(31)32-13-33-26(22)37)12-48-54(44,45)52-16-10-21(36-8-7-20(30)35-29(36)40)49-18(16)11-47-53(41,42)43/h2-8,13-14,16-19,21,23-24,27,38H,9-12H2,1H3,(H,44,45)(H2,30,35,40)(H2,31,32,33)(H2,41,42,43)/t16-,17+,18+,19-,21+,23+,24+,27+/m0/s1. The molecule has 4 aromatic rings. The van der Waals surface area contributed by atoms with E-state index in [4.69, 9.17) is 39.5 Å². The smallest absolute Gasteiger partial charge is 0.455 e. The van der Waals surface area contributed by atoms with Crippen LogP contribution in [-0.2, 0) is 52.9 Å². The van der Waals surface area contributed by atoms with Crippen molar-refractivity contribution in [1.29, 1.82) is 0 Å². The summed E-state index contributed by atoms with van der Waals surface area (Å²) >= 11 is 0. The number of hydrogen-bond donors (Lipinski definition) is 6. The molecule has 6 rings (SSSR count). The SMILES string of the molecule is CO[C@H](Cc1ccccc1)C(=O)O[C@H]1[C@@H](O)[C@H](n2cnc3c(N)ncnc32)O[C@H]1COP(=O)(O)O[C@H]1C[C@H](n2ccc(N)nc2=O)O[C@@H]1COP(=O)(O)O. The van der Waals surface area contributed by atoms with Gasteiger partial charge in [0.05, 0.1) is 19.5 Å². The van der Waals surface area contributed by atoms with Gasteiger partial charge in [0.2, 0.25) is 0 Å².